The first-order chi connectivity index (χ1) is 9.69. The lowest BCUT2D eigenvalue weighted by atomic mass is 10.1. The predicted molar refractivity (Wildman–Crippen MR) is 86.7 cm³/mol. The van der Waals surface area contributed by atoms with Crippen LogP contribution in [0.25, 0.3) is 0 Å². The number of halogens is 1. The maximum Gasteiger partial charge on any atom is 0.228 e. The number of nitrogens with zero attached hydrogens (tertiary/aromatic N) is 2. The number of benzene rings is 1. The van der Waals surface area contributed by atoms with Crippen molar-refractivity contribution < 1.29 is 4.79 Å². The van der Waals surface area contributed by atoms with Gasteiger partial charge in [0, 0.05) is 18.7 Å². The Morgan fingerprint density at radius 3 is 2.71 bits per heavy atom. The molecule has 2 rings (SSSR count). The molecule has 5 nitrogen and oxygen atoms in total. The second-order valence-corrected chi connectivity index (χ2v) is 4.86. The third-order valence-corrected chi connectivity index (χ3v) is 3.05. The van der Waals surface area contributed by atoms with Gasteiger partial charge in [-0.1, -0.05) is 37.3 Å². The summed E-state index contributed by atoms with van der Waals surface area (Å²) in [6.07, 6.45) is 3.52. The Hall–Kier alpha value is -1.85. The molecule has 21 heavy (non-hydrogen) atoms. The highest BCUT2D eigenvalue weighted by atomic mass is 35.5. The molecule has 0 aliphatic rings. The van der Waals surface area contributed by atoms with Gasteiger partial charge in [0.25, 0.3) is 0 Å². The molecular formula is C15H21ClN4O. The fourth-order valence-electron chi connectivity index (χ4n) is 1.95. The highest BCUT2D eigenvalue weighted by Crippen LogP contribution is 2.09. The molecule has 1 aromatic carbocycles. The summed E-state index contributed by atoms with van der Waals surface area (Å²) >= 11 is 0. The average molecular weight is 309 g/mol. The van der Waals surface area contributed by atoms with Crippen molar-refractivity contribution in [2.24, 2.45) is 5.92 Å². The van der Waals surface area contributed by atoms with Crippen molar-refractivity contribution in [1.82, 2.24) is 15.1 Å². The van der Waals surface area contributed by atoms with Gasteiger partial charge in [0.15, 0.2) is 0 Å². The Kier molecular flexibility index (Phi) is 6.91. The molecule has 114 valence electrons. The minimum Gasteiger partial charge on any atom is -0.323 e. The smallest absolute Gasteiger partial charge is 0.228 e. The molecule has 0 saturated heterocycles. The quantitative estimate of drug-likeness (QED) is 0.859. The highest BCUT2D eigenvalue weighted by molar-refractivity contribution is 5.92. The van der Waals surface area contributed by atoms with Gasteiger partial charge in [-0.15, -0.1) is 12.4 Å². The van der Waals surface area contributed by atoms with Crippen molar-refractivity contribution in [3.8, 4) is 0 Å². The van der Waals surface area contributed by atoms with E-state index in [0.29, 0.717) is 13.1 Å². The molecule has 0 aliphatic heterocycles. The fraction of sp³-hybridized carbons (Fsp3) is 0.333. The van der Waals surface area contributed by atoms with Crippen LogP contribution in [0.1, 0.15) is 12.5 Å². The Morgan fingerprint density at radius 2 is 2.05 bits per heavy atom. The first-order valence-corrected chi connectivity index (χ1v) is 6.71. The van der Waals surface area contributed by atoms with E-state index in [1.54, 1.807) is 6.20 Å². The van der Waals surface area contributed by atoms with Crippen molar-refractivity contribution in [1.29, 1.82) is 0 Å². The van der Waals surface area contributed by atoms with E-state index in [9.17, 15) is 4.79 Å². The number of amides is 1. The second kappa shape index (κ2) is 8.44. The molecule has 1 atom stereocenters. The summed E-state index contributed by atoms with van der Waals surface area (Å²) in [6, 6.07) is 10.1. The molecule has 1 unspecified atom stereocenters. The van der Waals surface area contributed by atoms with E-state index in [0.717, 1.165) is 5.69 Å². The van der Waals surface area contributed by atoms with Gasteiger partial charge in [0.1, 0.15) is 0 Å². The van der Waals surface area contributed by atoms with Gasteiger partial charge < -0.3 is 10.6 Å². The summed E-state index contributed by atoms with van der Waals surface area (Å²) in [7, 11) is 1.83. The molecule has 1 heterocycles. The topological polar surface area (TPSA) is 59.0 Å². The van der Waals surface area contributed by atoms with Crippen molar-refractivity contribution in [3.63, 3.8) is 0 Å². The summed E-state index contributed by atoms with van der Waals surface area (Å²) in [6.45, 7) is 3.24. The minimum absolute atomic E-state index is 0. The summed E-state index contributed by atoms with van der Waals surface area (Å²) < 4.78 is 1.81. The van der Waals surface area contributed by atoms with E-state index >= 15 is 0 Å². The van der Waals surface area contributed by atoms with Gasteiger partial charge in [0.05, 0.1) is 18.4 Å². The molecule has 1 aromatic heterocycles. The normalized spacial score (nSPS) is 11.5. The van der Waals surface area contributed by atoms with Crippen molar-refractivity contribution in [3.05, 3.63) is 48.3 Å². The Morgan fingerprint density at radius 1 is 1.33 bits per heavy atom. The van der Waals surface area contributed by atoms with E-state index < -0.39 is 0 Å². The molecule has 0 saturated carbocycles. The molecule has 0 aliphatic carbocycles. The number of hydrogen-bond donors (Lipinski definition) is 2. The zero-order valence-corrected chi connectivity index (χ0v) is 13.1. The number of anilines is 1. The Labute approximate surface area is 131 Å². The van der Waals surface area contributed by atoms with Crippen LogP contribution >= 0.6 is 12.4 Å². The van der Waals surface area contributed by atoms with Crippen LogP contribution in [0.3, 0.4) is 0 Å². The number of aromatic nitrogens is 2. The first kappa shape index (κ1) is 17.2. The van der Waals surface area contributed by atoms with Crippen LogP contribution in [-0.2, 0) is 11.3 Å². The molecule has 2 N–H and O–H groups in total. The number of rotatable bonds is 6. The third kappa shape index (κ3) is 5.21. The van der Waals surface area contributed by atoms with E-state index in [-0.39, 0.29) is 24.2 Å². The molecular weight excluding hydrogens is 288 g/mol. The number of hydrogen-bond acceptors (Lipinski definition) is 3. The van der Waals surface area contributed by atoms with Gasteiger partial charge in [0.2, 0.25) is 5.91 Å². The fourth-order valence-corrected chi connectivity index (χ4v) is 1.95. The van der Waals surface area contributed by atoms with E-state index in [1.165, 1.54) is 5.56 Å². The average Bonchev–Trinajstić information content (AvgIpc) is 2.87. The zero-order chi connectivity index (χ0) is 14.4. The highest BCUT2D eigenvalue weighted by Gasteiger charge is 2.12. The van der Waals surface area contributed by atoms with E-state index in [2.05, 4.69) is 27.9 Å². The lowest BCUT2D eigenvalue weighted by Crippen LogP contribution is -2.28. The maximum absolute atomic E-state index is 11.9. The monoisotopic (exact) mass is 308 g/mol. The summed E-state index contributed by atoms with van der Waals surface area (Å²) in [5, 5.41) is 10.1. The lowest BCUT2D eigenvalue weighted by molar-refractivity contribution is -0.119. The largest absolute Gasteiger partial charge is 0.323 e. The third-order valence-electron chi connectivity index (χ3n) is 3.05. The van der Waals surface area contributed by atoms with Crippen molar-refractivity contribution in [2.75, 3.05) is 18.9 Å². The van der Waals surface area contributed by atoms with Crippen molar-refractivity contribution in [2.45, 2.75) is 13.5 Å². The summed E-state index contributed by atoms with van der Waals surface area (Å²) in [5.41, 5.74) is 1.91. The predicted octanol–water partition coefficient (Wildman–Crippen LogP) is 2.15. The Balaban J connectivity index is 0.00000220. The minimum atomic E-state index is -0.0718. The second-order valence-electron chi connectivity index (χ2n) is 4.86. The summed E-state index contributed by atoms with van der Waals surface area (Å²) in [4.78, 5) is 11.9. The molecule has 0 bridgehead atoms. The van der Waals surface area contributed by atoms with E-state index in [4.69, 9.17) is 0 Å². The van der Waals surface area contributed by atoms with Crippen LogP contribution < -0.4 is 10.6 Å². The molecule has 0 spiro atoms. The molecule has 2 aromatic rings. The van der Waals surface area contributed by atoms with E-state index in [1.807, 2.05) is 43.0 Å². The van der Waals surface area contributed by atoms with Crippen LogP contribution in [0.5, 0.6) is 0 Å². The molecule has 0 fully saturated rings. The standard InChI is InChI=1S/C15H20N4O.ClH/c1-12(8-16-2)15(20)18-14-9-17-19(11-14)10-13-6-4-3-5-7-13;/h3-7,9,11-12,16H,8,10H2,1-2H3,(H,18,20);1H. The molecule has 1 amide bonds. The van der Waals surface area contributed by atoms with Crippen LogP contribution in [0.4, 0.5) is 5.69 Å². The molecule has 0 radical (unpaired) electrons. The van der Waals surface area contributed by atoms with Crippen LogP contribution in [0, 0.1) is 5.92 Å². The SMILES string of the molecule is CNCC(C)C(=O)Nc1cnn(Cc2ccccc2)c1.Cl. The molecule has 6 heteroatoms. The number of nitrogens with one attached hydrogen (secondary N) is 2. The van der Waals surface area contributed by atoms with Gasteiger partial charge in [-0.25, -0.2) is 0 Å². The number of carbonyl (C=O) groups excluding carboxylic acids is 1. The van der Waals surface area contributed by atoms with Gasteiger partial charge >= 0.3 is 0 Å². The van der Waals surface area contributed by atoms with Crippen LogP contribution in [0.15, 0.2) is 42.7 Å². The lowest BCUT2D eigenvalue weighted by Gasteiger charge is -2.09. The Bertz CT molecular complexity index is 556. The van der Waals surface area contributed by atoms with Gasteiger partial charge in [-0.2, -0.15) is 5.10 Å². The van der Waals surface area contributed by atoms with Crippen molar-refractivity contribution >= 4 is 24.0 Å². The van der Waals surface area contributed by atoms with Crippen LogP contribution in [-0.4, -0.2) is 29.3 Å². The summed E-state index contributed by atoms with van der Waals surface area (Å²) in [5.74, 6) is -0.0731. The first-order valence-electron chi connectivity index (χ1n) is 6.71. The van der Waals surface area contributed by atoms with Gasteiger partial charge in [-0.05, 0) is 12.6 Å². The number of carbonyl (C=O) groups is 1. The maximum atomic E-state index is 11.9. The van der Waals surface area contributed by atoms with Crippen LogP contribution in [0.2, 0.25) is 0 Å². The van der Waals surface area contributed by atoms with Gasteiger partial charge in [-0.3, -0.25) is 9.48 Å². The zero-order valence-electron chi connectivity index (χ0n) is 12.2.